The van der Waals surface area contributed by atoms with E-state index in [1.807, 2.05) is 13.1 Å². The highest BCUT2D eigenvalue weighted by Gasteiger charge is 2.09. The zero-order valence-corrected chi connectivity index (χ0v) is 13.2. The van der Waals surface area contributed by atoms with Gasteiger partial charge >= 0.3 is 0 Å². The summed E-state index contributed by atoms with van der Waals surface area (Å²) >= 11 is 1.73. The van der Waals surface area contributed by atoms with E-state index < -0.39 is 0 Å². The third-order valence-electron chi connectivity index (χ3n) is 3.51. The van der Waals surface area contributed by atoms with E-state index in [9.17, 15) is 0 Å². The Kier molecular flexibility index (Phi) is 3.80. The fourth-order valence-electron chi connectivity index (χ4n) is 2.36. The van der Waals surface area contributed by atoms with Crippen molar-refractivity contribution < 1.29 is 0 Å². The number of hydrogen-bond donors (Lipinski definition) is 1. The second kappa shape index (κ2) is 5.74. The van der Waals surface area contributed by atoms with E-state index in [0.717, 1.165) is 33.7 Å². The minimum atomic E-state index is 0.758. The van der Waals surface area contributed by atoms with Crippen LogP contribution in [0.5, 0.6) is 0 Å². The van der Waals surface area contributed by atoms with Gasteiger partial charge in [0, 0.05) is 22.9 Å². The van der Waals surface area contributed by atoms with Gasteiger partial charge in [0.1, 0.15) is 5.82 Å². The van der Waals surface area contributed by atoms with Crippen molar-refractivity contribution >= 4 is 28.5 Å². The number of aryl methyl sites for hydroxylation is 1. The minimum absolute atomic E-state index is 0.758. The number of aromatic nitrogens is 2. The van der Waals surface area contributed by atoms with Gasteiger partial charge in [0.05, 0.1) is 5.52 Å². The van der Waals surface area contributed by atoms with Crippen LogP contribution < -0.4 is 5.32 Å². The smallest absolute Gasteiger partial charge is 0.162 e. The molecule has 1 aromatic heterocycles. The van der Waals surface area contributed by atoms with Crippen molar-refractivity contribution in [2.45, 2.75) is 11.8 Å². The molecule has 1 heterocycles. The zero-order valence-electron chi connectivity index (χ0n) is 12.3. The van der Waals surface area contributed by atoms with E-state index in [-0.39, 0.29) is 0 Å². The number of nitrogens with one attached hydrogen (secondary N) is 1. The number of rotatable bonds is 3. The molecule has 21 heavy (non-hydrogen) atoms. The van der Waals surface area contributed by atoms with Crippen LogP contribution in [0.1, 0.15) is 5.56 Å². The third kappa shape index (κ3) is 2.59. The van der Waals surface area contributed by atoms with Gasteiger partial charge in [0.2, 0.25) is 0 Å². The molecule has 0 aliphatic heterocycles. The van der Waals surface area contributed by atoms with Crippen molar-refractivity contribution in [2.24, 2.45) is 0 Å². The second-order valence-electron chi connectivity index (χ2n) is 4.85. The number of hydrogen-bond acceptors (Lipinski definition) is 4. The van der Waals surface area contributed by atoms with Crippen LogP contribution in [0, 0.1) is 6.92 Å². The SMILES string of the molecule is CNc1nc(-c2ccc(SC)cc2)nc2c(C)cccc12. The van der Waals surface area contributed by atoms with Gasteiger partial charge in [-0.2, -0.15) is 0 Å². The molecule has 0 fully saturated rings. The molecule has 2 aromatic carbocycles. The van der Waals surface area contributed by atoms with Crippen molar-refractivity contribution in [1.82, 2.24) is 9.97 Å². The summed E-state index contributed by atoms with van der Waals surface area (Å²) in [5.74, 6) is 1.63. The van der Waals surface area contributed by atoms with Gasteiger partial charge in [0.15, 0.2) is 5.82 Å². The molecule has 0 saturated carbocycles. The molecule has 3 nitrogen and oxygen atoms in total. The van der Waals surface area contributed by atoms with Crippen LogP contribution in [0.15, 0.2) is 47.4 Å². The van der Waals surface area contributed by atoms with E-state index >= 15 is 0 Å². The molecule has 0 aliphatic carbocycles. The molecule has 0 unspecified atom stereocenters. The summed E-state index contributed by atoms with van der Waals surface area (Å²) in [6.07, 6.45) is 2.07. The summed E-state index contributed by atoms with van der Waals surface area (Å²) < 4.78 is 0. The number of fused-ring (bicyclic) bond motifs is 1. The normalized spacial score (nSPS) is 10.8. The largest absolute Gasteiger partial charge is 0.373 e. The van der Waals surface area contributed by atoms with Crippen molar-refractivity contribution in [3.63, 3.8) is 0 Å². The number of para-hydroxylation sites is 1. The number of nitrogens with zero attached hydrogens (tertiary/aromatic N) is 2. The van der Waals surface area contributed by atoms with Gasteiger partial charge in [-0.15, -0.1) is 11.8 Å². The maximum Gasteiger partial charge on any atom is 0.162 e. The third-order valence-corrected chi connectivity index (χ3v) is 4.26. The van der Waals surface area contributed by atoms with E-state index in [2.05, 4.69) is 59.9 Å². The first-order valence-corrected chi connectivity index (χ1v) is 8.05. The monoisotopic (exact) mass is 295 g/mol. The van der Waals surface area contributed by atoms with E-state index in [1.54, 1.807) is 11.8 Å². The molecular formula is C17H17N3S. The first kappa shape index (κ1) is 13.9. The van der Waals surface area contributed by atoms with Gasteiger partial charge in [-0.05, 0) is 36.9 Å². The molecular weight excluding hydrogens is 278 g/mol. The van der Waals surface area contributed by atoms with Crippen molar-refractivity contribution in [1.29, 1.82) is 0 Å². The predicted molar refractivity (Wildman–Crippen MR) is 91.0 cm³/mol. The molecule has 4 heteroatoms. The Morgan fingerprint density at radius 1 is 1.00 bits per heavy atom. The lowest BCUT2D eigenvalue weighted by Crippen LogP contribution is -1.99. The number of thioether (sulfide) groups is 1. The Morgan fingerprint density at radius 2 is 1.76 bits per heavy atom. The van der Waals surface area contributed by atoms with Crippen LogP contribution in [0.25, 0.3) is 22.3 Å². The molecule has 0 saturated heterocycles. The van der Waals surface area contributed by atoms with Crippen LogP contribution in [0.2, 0.25) is 0 Å². The van der Waals surface area contributed by atoms with Gasteiger partial charge in [-0.25, -0.2) is 9.97 Å². The van der Waals surface area contributed by atoms with Crippen molar-refractivity contribution in [3.8, 4) is 11.4 Å². The van der Waals surface area contributed by atoms with Crippen LogP contribution in [0.3, 0.4) is 0 Å². The van der Waals surface area contributed by atoms with Crippen LogP contribution in [0.4, 0.5) is 5.82 Å². The highest BCUT2D eigenvalue weighted by Crippen LogP contribution is 2.27. The topological polar surface area (TPSA) is 37.8 Å². The molecule has 0 radical (unpaired) electrons. The average Bonchev–Trinajstić information content (AvgIpc) is 2.54. The van der Waals surface area contributed by atoms with Crippen LogP contribution in [-0.2, 0) is 0 Å². The molecule has 0 spiro atoms. The molecule has 0 amide bonds. The van der Waals surface area contributed by atoms with E-state index in [4.69, 9.17) is 4.98 Å². The highest BCUT2D eigenvalue weighted by atomic mass is 32.2. The lowest BCUT2D eigenvalue weighted by atomic mass is 10.1. The van der Waals surface area contributed by atoms with Gasteiger partial charge < -0.3 is 5.32 Å². The van der Waals surface area contributed by atoms with Crippen molar-refractivity contribution in [2.75, 3.05) is 18.6 Å². The lowest BCUT2D eigenvalue weighted by Gasteiger charge is -2.10. The quantitative estimate of drug-likeness (QED) is 0.728. The molecule has 1 N–H and O–H groups in total. The van der Waals surface area contributed by atoms with Crippen molar-refractivity contribution in [3.05, 3.63) is 48.0 Å². The van der Waals surface area contributed by atoms with Gasteiger partial charge in [-0.3, -0.25) is 0 Å². The fraction of sp³-hybridized carbons (Fsp3) is 0.176. The first-order valence-electron chi connectivity index (χ1n) is 6.82. The Labute approximate surface area is 128 Å². The summed E-state index contributed by atoms with van der Waals surface area (Å²) in [7, 11) is 1.89. The predicted octanol–water partition coefficient (Wildman–Crippen LogP) is 4.37. The number of benzene rings is 2. The Bertz CT molecular complexity index is 782. The average molecular weight is 295 g/mol. The number of anilines is 1. The standard InChI is InChI=1S/C17H17N3S/c1-11-5-4-6-14-15(11)19-16(20-17(14)18-2)12-7-9-13(21-3)10-8-12/h4-10H,1-3H3,(H,18,19,20). The molecule has 3 aromatic rings. The van der Waals surface area contributed by atoms with E-state index in [0.29, 0.717) is 0 Å². The summed E-state index contributed by atoms with van der Waals surface area (Å²) in [5.41, 5.74) is 3.20. The van der Waals surface area contributed by atoms with Crippen LogP contribution in [-0.4, -0.2) is 23.3 Å². The summed E-state index contributed by atoms with van der Waals surface area (Å²) in [4.78, 5) is 10.6. The van der Waals surface area contributed by atoms with Gasteiger partial charge in [0.25, 0.3) is 0 Å². The summed E-state index contributed by atoms with van der Waals surface area (Å²) in [6, 6.07) is 14.5. The summed E-state index contributed by atoms with van der Waals surface area (Å²) in [5, 5.41) is 4.23. The van der Waals surface area contributed by atoms with E-state index in [1.165, 1.54) is 4.90 Å². The van der Waals surface area contributed by atoms with Crippen LogP contribution >= 0.6 is 11.8 Å². The lowest BCUT2D eigenvalue weighted by molar-refractivity contribution is 1.20. The molecule has 0 aliphatic rings. The minimum Gasteiger partial charge on any atom is -0.373 e. The Morgan fingerprint density at radius 3 is 2.43 bits per heavy atom. The molecule has 0 bridgehead atoms. The Hall–Kier alpha value is -2.07. The fourth-order valence-corrected chi connectivity index (χ4v) is 2.76. The molecule has 3 rings (SSSR count). The maximum atomic E-state index is 4.75. The summed E-state index contributed by atoms with van der Waals surface area (Å²) in [6.45, 7) is 2.08. The maximum absolute atomic E-state index is 4.75. The first-order chi connectivity index (χ1) is 10.2. The molecule has 0 atom stereocenters. The highest BCUT2D eigenvalue weighted by molar-refractivity contribution is 7.98. The zero-order chi connectivity index (χ0) is 14.8. The molecule has 106 valence electrons. The second-order valence-corrected chi connectivity index (χ2v) is 5.73. The Balaban J connectivity index is 2.20. The van der Waals surface area contributed by atoms with Gasteiger partial charge in [-0.1, -0.05) is 24.3 Å².